The second-order valence-electron chi connectivity index (χ2n) is 16.4. The Morgan fingerprint density at radius 2 is 1.83 bits per heavy atom. The van der Waals surface area contributed by atoms with Gasteiger partial charge in [-0.15, -0.1) is 0 Å². The molecule has 0 amide bonds. The number of nitrogens with one attached hydrogen (secondary N) is 1. The minimum atomic E-state index is -0.0181. The topological polar surface area (TPSA) is 88.6 Å². The third-order valence-corrected chi connectivity index (χ3v) is 13.1. The third kappa shape index (κ3) is 9.92. The molecule has 2 atom stereocenters. The lowest BCUT2D eigenvalue weighted by atomic mass is 9.95. The highest BCUT2D eigenvalue weighted by molar-refractivity contribution is 6.38. The first-order valence-corrected chi connectivity index (χ1v) is 22.0. The summed E-state index contributed by atoms with van der Waals surface area (Å²) in [6.07, 6.45) is 7.58. The predicted molar refractivity (Wildman–Crippen MR) is 253 cm³/mol. The number of carbonyl (C=O) groups excluding carboxylic acids is 1. The van der Waals surface area contributed by atoms with E-state index in [4.69, 9.17) is 37.7 Å². The number of fused-ring (bicyclic) bond motifs is 2. The van der Waals surface area contributed by atoms with Gasteiger partial charge in [-0.1, -0.05) is 40.9 Å². The van der Waals surface area contributed by atoms with Gasteiger partial charge in [0.25, 0.3) is 0 Å². The van der Waals surface area contributed by atoms with Gasteiger partial charge < -0.3 is 28.8 Å². The van der Waals surface area contributed by atoms with Crippen LogP contribution >= 0.6 is 23.2 Å². The van der Waals surface area contributed by atoms with E-state index in [0.717, 1.165) is 130 Å². The number of hydrogen-bond acceptors (Lipinski definition) is 8. The first kappa shape index (κ1) is 45.7. The summed E-state index contributed by atoms with van der Waals surface area (Å²) in [5.41, 5.74) is 11.7. The molecule has 1 saturated heterocycles. The van der Waals surface area contributed by atoms with E-state index in [1.807, 2.05) is 45.2 Å². The first-order chi connectivity index (χ1) is 28.9. The summed E-state index contributed by atoms with van der Waals surface area (Å²) in [6, 6.07) is 10.1. The van der Waals surface area contributed by atoms with Crippen LogP contribution in [0.5, 0.6) is 0 Å². The Hall–Kier alpha value is -3.87. The van der Waals surface area contributed by atoms with Crippen LogP contribution in [0.3, 0.4) is 0 Å². The quantitative estimate of drug-likeness (QED) is 0.0575. The molecule has 1 fully saturated rings. The molecular weight excluding hydrogens is 793 g/mol. The van der Waals surface area contributed by atoms with E-state index in [0.29, 0.717) is 43.4 Å². The third-order valence-electron chi connectivity index (χ3n) is 12.1. The summed E-state index contributed by atoms with van der Waals surface area (Å²) in [7, 11) is 5.89. The van der Waals surface area contributed by atoms with Crippen molar-refractivity contribution in [2.24, 2.45) is 9.98 Å². The Kier molecular flexibility index (Phi) is 15.8. The molecule has 4 aromatic rings. The molecule has 2 aromatic carbocycles. The van der Waals surface area contributed by atoms with E-state index in [2.05, 4.69) is 82.1 Å². The molecule has 3 heterocycles. The Morgan fingerprint density at radius 3 is 2.52 bits per heavy atom. The first-order valence-electron chi connectivity index (χ1n) is 21.2. The molecule has 1 aliphatic carbocycles. The molecule has 6 rings (SSSR count). The molecule has 1 aliphatic heterocycles. The van der Waals surface area contributed by atoms with Crippen LogP contribution in [0.2, 0.25) is 5.02 Å². The largest absolute Gasteiger partial charge is 0.383 e. The molecule has 2 aromatic heterocycles. The van der Waals surface area contributed by atoms with Gasteiger partial charge in [-0.05, 0) is 110 Å². The van der Waals surface area contributed by atoms with Crippen molar-refractivity contribution < 1.29 is 14.3 Å². The lowest BCUT2D eigenvalue weighted by Crippen LogP contribution is -2.45. The van der Waals surface area contributed by atoms with Crippen LogP contribution in [-0.2, 0) is 22.4 Å². The molecule has 60 heavy (non-hydrogen) atoms. The maximum atomic E-state index is 12.3. The average molecular weight is 857 g/mol. The van der Waals surface area contributed by atoms with E-state index in [9.17, 15) is 4.79 Å². The monoisotopic (exact) mass is 855 g/mol. The fourth-order valence-electron chi connectivity index (χ4n) is 8.95. The summed E-state index contributed by atoms with van der Waals surface area (Å²) < 4.78 is 16.8. The van der Waals surface area contributed by atoms with Crippen molar-refractivity contribution in [2.75, 3.05) is 80.2 Å². The van der Waals surface area contributed by atoms with Crippen molar-refractivity contribution in [2.45, 2.75) is 72.6 Å². The molecular formula is C48H63Cl2N7O3. The number of hydrogen-bond donors (Lipinski definition) is 1. The summed E-state index contributed by atoms with van der Waals surface area (Å²) in [6.45, 7) is 22.7. The van der Waals surface area contributed by atoms with Gasteiger partial charge >= 0.3 is 0 Å². The van der Waals surface area contributed by atoms with Gasteiger partial charge in [-0.25, -0.2) is 0 Å². The maximum absolute atomic E-state index is 12.3. The van der Waals surface area contributed by atoms with E-state index in [-0.39, 0.29) is 12.1 Å². The number of aromatic nitrogens is 2. The number of aldehydes is 1. The molecule has 2 aliphatic rings. The van der Waals surface area contributed by atoms with E-state index in [1.54, 1.807) is 7.11 Å². The van der Waals surface area contributed by atoms with E-state index in [1.165, 1.54) is 5.56 Å². The summed E-state index contributed by atoms with van der Waals surface area (Å²) in [5, 5.41) is 7.03. The number of methoxy groups -OCH3 is 1. The summed E-state index contributed by atoms with van der Waals surface area (Å²) in [5.74, 6) is 0. The number of aryl methyl sites for hydroxylation is 1. The zero-order chi connectivity index (χ0) is 43.1. The van der Waals surface area contributed by atoms with Crippen molar-refractivity contribution >= 4 is 69.3 Å². The molecule has 0 saturated carbocycles. The fraction of sp³-hybridized carbons (Fsp3) is 0.479. The second-order valence-corrected chi connectivity index (χ2v) is 17.2. The average Bonchev–Trinajstić information content (AvgIpc) is 3.76. The zero-order valence-electron chi connectivity index (χ0n) is 36.8. The minimum absolute atomic E-state index is 0.0102. The molecule has 322 valence electrons. The molecule has 1 N–H and O–H groups in total. The number of piperazine rings is 1. The standard InChI is InChI=1S/C48H63Cl2N7O3/c1-31-25-37(26-32(2)46(31)50)60-23-10-11-38-39-13-14-42(49)45(44(34(4)52-7)35(5)53-16-17-55-20-18-54(8)19-21-55)48(39)57(33(3)28-51-6)47(38)41-29-56(22-24-59-9)43-15-12-36(30-58)27-40(41)43/h12-15,25,27,29-30,33,37,51H,7,10-11,16-24,26,28H2,1-6,8-9H3/b44-34+,53-35?/t33-,37?/m1/s1. The molecule has 10 nitrogen and oxygen atoms in total. The van der Waals surface area contributed by atoms with Gasteiger partial charge in [-0.2, -0.15) is 0 Å². The van der Waals surface area contributed by atoms with Crippen LogP contribution < -0.4 is 5.32 Å². The number of likely N-dealkylation sites (N-methyl/N-ethyl adjacent to an activating group) is 2. The highest BCUT2D eigenvalue weighted by Gasteiger charge is 2.29. The van der Waals surface area contributed by atoms with Gasteiger partial charge in [0.2, 0.25) is 0 Å². The van der Waals surface area contributed by atoms with Gasteiger partial charge in [0, 0.05) is 127 Å². The highest BCUT2D eigenvalue weighted by atomic mass is 35.5. The van der Waals surface area contributed by atoms with Crippen LogP contribution in [0.4, 0.5) is 0 Å². The number of carbonyl (C=O) groups is 1. The van der Waals surface area contributed by atoms with Crippen LogP contribution in [0, 0.1) is 0 Å². The summed E-state index contributed by atoms with van der Waals surface area (Å²) in [4.78, 5) is 26.9. The van der Waals surface area contributed by atoms with Crippen molar-refractivity contribution in [3.63, 3.8) is 0 Å². The van der Waals surface area contributed by atoms with Gasteiger partial charge in [0.05, 0.1) is 35.5 Å². The normalized spacial score (nSPS) is 18.1. The van der Waals surface area contributed by atoms with Crippen LogP contribution in [0.25, 0.3) is 38.6 Å². The number of benzene rings is 2. The number of rotatable bonds is 19. The Balaban J connectivity index is 1.56. The number of halogens is 2. The maximum Gasteiger partial charge on any atom is 0.150 e. The van der Waals surface area contributed by atoms with Crippen LogP contribution in [0.15, 0.2) is 74.5 Å². The van der Waals surface area contributed by atoms with Gasteiger partial charge in [-0.3, -0.25) is 19.7 Å². The molecule has 1 unspecified atom stereocenters. The lowest BCUT2D eigenvalue weighted by molar-refractivity contribution is 0.0823. The number of ether oxygens (including phenoxy) is 2. The second kappa shape index (κ2) is 20.8. The minimum Gasteiger partial charge on any atom is -0.383 e. The Bertz CT molecular complexity index is 2330. The number of nitrogens with zero attached hydrogens (tertiary/aromatic N) is 6. The van der Waals surface area contributed by atoms with E-state index >= 15 is 0 Å². The zero-order valence-corrected chi connectivity index (χ0v) is 38.3. The van der Waals surface area contributed by atoms with Crippen molar-refractivity contribution in [3.05, 3.63) is 86.2 Å². The Morgan fingerprint density at radius 1 is 1.07 bits per heavy atom. The van der Waals surface area contributed by atoms with Gasteiger partial charge in [0.1, 0.15) is 6.29 Å². The van der Waals surface area contributed by atoms with Crippen molar-refractivity contribution in [3.8, 4) is 11.3 Å². The molecule has 0 bridgehead atoms. The Labute approximate surface area is 366 Å². The SMILES string of the molecule is C=N/C(C)=C(\C(C)=NCCN1CCN(C)CC1)c1c(Cl)ccc2c(CCCOC3C=C(C)C(Cl)=C(C)C3)c(-c3cn(CCOC)c4ccc(C=O)cc34)n([C@H](C)CNC)c12. The van der Waals surface area contributed by atoms with Crippen molar-refractivity contribution in [1.29, 1.82) is 0 Å². The number of aliphatic imine (C=N–C) groups is 2. The predicted octanol–water partition coefficient (Wildman–Crippen LogP) is 9.48. The van der Waals surface area contributed by atoms with Crippen molar-refractivity contribution in [1.82, 2.24) is 24.3 Å². The van der Waals surface area contributed by atoms with Crippen LogP contribution in [-0.4, -0.2) is 124 Å². The van der Waals surface area contributed by atoms with E-state index < -0.39 is 0 Å². The fourth-order valence-corrected chi connectivity index (χ4v) is 9.34. The van der Waals surface area contributed by atoms with Gasteiger partial charge in [0.15, 0.2) is 0 Å². The summed E-state index contributed by atoms with van der Waals surface area (Å²) >= 11 is 14.0. The molecule has 12 heteroatoms. The lowest BCUT2D eigenvalue weighted by Gasteiger charge is -2.31. The highest BCUT2D eigenvalue weighted by Crippen LogP contribution is 2.46. The smallest absolute Gasteiger partial charge is 0.150 e. The number of allylic oxidation sites excluding steroid dienone is 4. The molecule has 0 spiro atoms. The van der Waals surface area contributed by atoms with Crippen LogP contribution in [0.1, 0.15) is 75.0 Å². The molecule has 0 radical (unpaired) electrons.